The lowest BCUT2D eigenvalue weighted by Gasteiger charge is -2.20. The van der Waals surface area contributed by atoms with E-state index < -0.39 is 5.97 Å². The number of rotatable bonds is 6. The monoisotopic (exact) mass is 445 g/mol. The first-order valence-corrected chi connectivity index (χ1v) is 11.3. The third-order valence-electron chi connectivity index (χ3n) is 6.27. The molecule has 1 unspecified atom stereocenters. The summed E-state index contributed by atoms with van der Waals surface area (Å²) in [7, 11) is 1.51. The summed E-state index contributed by atoms with van der Waals surface area (Å²) in [5, 5.41) is 9.30. The van der Waals surface area contributed by atoms with Gasteiger partial charge in [-0.25, -0.2) is 4.79 Å². The predicted molar refractivity (Wildman–Crippen MR) is 131 cm³/mol. The van der Waals surface area contributed by atoms with E-state index in [1.807, 2.05) is 36.4 Å². The quantitative estimate of drug-likeness (QED) is 0.471. The van der Waals surface area contributed by atoms with Crippen molar-refractivity contribution in [1.29, 1.82) is 0 Å². The van der Waals surface area contributed by atoms with E-state index in [1.54, 1.807) is 6.07 Å². The molecule has 0 aliphatic carbocycles. The Bertz CT molecular complexity index is 1110. The highest BCUT2D eigenvalue weighted by Crippen LogP contribution is 2.34. The van der Waals surface area contributed by atoms with Gasteiger partial charge in [-0.3, -0.25) is 0 Å². The Kier molecular flexibility index (Phi) is 6.32. The molecule has 33 heavy (non-hydrogen) atoms. The van der Waals surface area contributed by atoms with E-state index in [9.17, 15) is 9.90 Å². The molecule has 1 aliphatic heterocycles. The molecule has 0 aromatic heterocycles. The number of carboxylic acids is 1. The molecule has 1 saturated heterocycles. The summed E-state index contributed by atoms with van der Waals surface area (Å²) in [6.45, 7) is 8.43. The predicted octanol–water partition coefficient (Wildman–Crippen LogP) is 6.48. The van der Waals surface area contributed by atoms with Gasteiger partial charge in [0.05, 0.1) is 7.11 Å². The lowest BCUT2D eigenvalue weighted by molar-refractivity contribution is 0.0693. The molecular formula is C28H31NO4. The van der Waals surface area contributed by atoms with Gasteiger partial charge in [0.15, 0.2) is 0 Å². The minimum Gasteiger partial charge on any atom is -0.496 e. The van der Waals surface area contributed by atoms with Crippen LogP contribution in [0.1, 0.15) is 54.6 Å². The van der Waals surface area contributed by atoms with Crippen LogP contribution in [-0.2, 0) is 5.41 Å². The Hall–Kier alpha value is -3.47. The van der Waals surface area contributed by atoms with Crippen molar-refractivity contribution in [3.8, 4) is 17.2 Å². The Balaban J connectivity index is 1.40. The molecule has 3 aromatic carbocycles. The fourth-order valence-electron chi connectivity index (χ4n) is 4.29. The molecule has 1 N–H and O–H groups in total. The zero-order valence-electron chi connectivity index (χ0n) is 19.7. The Morgan fingerprint density at radius 3 is 2.18 bits per heavy atom. The Labute approximate surface area is 195 Å². The summed E-state index contributed by atoms with van der Waals surface area (Å²) in [5.74, 6) is 1.41. The van der Waals surface area contributed by atoms with Crippen molar-refractivity contribution in [3.63, 3.8) is 0 Å². The number of nitrogens with zero attached hydrogens (tertiary/aromatic N) is 1. The van der Waals surface area contributed by atoms with Gasteiger partial charge in [0.2, 0.25) is 0 Å². The highest BCUT2D eigenvalue weighted by atomic mass is 16.5. The molecule has 0 bridgehead atoms. The second kappa shape index (κ2) is 9.18. The highest BCUT2D eigenvalue weighted by molar-refractivity contribution is 5.91. The molecule has 4 rings (SSSR count). The number of carboxylic acid groups (broad SMARTS) is 1. The average Bonchev–Trinajstić information content (AvgIpc) is 3.29. The Morgan fingerprint density at radius 2 is 1.61 bits per heavy atom. The normalized spacial score (nSPS) is 16.0. The van der Waals surface area contributed by atoms with E-state index in [0.29, 0.717) is 11.7 Å². The minimum atomic E-state index is -0.973. The molecule has 1 aliphatic rings. The van der Waals surface area contributed by atoms with Gasteiger partial charge in [-0.15, -0.1) is 0 Å². The van der Waals surface area contributed by atoms with Crippen LogP contribution >= 0.6 is 0 Å². The van der Waals surface area contributed by atoms with Gasteiger partial charge in [0.25, 0.3) is 0 Å². The molecule has 5 nitrogen and oxygen atoms in total. The van der Waals surface area contributed by atoms with E-state index in [0.717, 1.165) is 42.3 Å². The van der Waals surface area contributed by atoms with Gasteiger partial charge in [-0.05, 0) is 71.5 Å². The van der Waals surface area contributed by atoms with Crippen LogP contribution in [-0.4, -0.2) is 31.3 Å². The van der Waals surface area contributed by atoms with Gasteiger partial charge in [0.1, 0.15) is 22.8 Å². The van der Waals surface area contributed by atoms with Crippen molar-refractivity contribution in [2.45, 2.75) is 38.5 Å². The van der Waals surface area contributed by atoms with Gasteiger partial charge in [-0.1, -0.05) is 39.0 Å². The maximum absolute atomic E-state index is 11.3. The molecule has 1 atom stereocenters. The van der Waals surface area contributed by atoms with Crippen molar-refractivity contribution in [1.82, 2.24) is 0 Å². The number of benzene rings is 3. The average molecular weight is 446 g/mol. The SMILES string of the molecule is COc1cc(C2CCN(c3ccc(Oc4ccc(C(C)(C)C)cc4)cc3)C2)ccc1C(=O)O. The second-order valence-electron chi connectivity index (χ2n) is 9.57. The summed E-state index contributed by atoms with van der Waals surface area (Å²) >= 11 is 0. The number of anilines is 1. The van der Waals surface area contributed by atoms with E-state index in [-0.39, 0.29) is 11.0 Å². The van der Waals surface area contributed by atoms with Crippen molar-refractivity contribution in [2.75, 3.05) is 25.1 Å². The number of ether oxygens (including phenoxy) is 2. The zero-order chi connectivity index (χ0) is 23.6. The lowest BCUT2D eigenvalue weighted by atomic mass is 9.87. The molecular weight excluding hydrogens is 414 g/mol. The van der Waals surface area contributed by atoms with E-state index >= 15 is 0 Å². The molecule has 1 heterocycles. The second-order valence-corrected chi connectivity index (χ2v) is 9.57. The number of hydrogen-bond acceptors (Lipinski definition) is 4. The first-order chi connectivity index (χ1) is 15.7. The summed E-state index contributed by atoms with van der Waals surface area (Å²) < 4.78 is 11.3. The molecule has 3 aromatic rings. The standard InChI is InChI=1S/C28H31NO4/c1-28(2,3)21-6-10-23(11-7-21)33-24-12-8-22(9-13-24)29-16-15-20(18-29)19-5-14-25(27(30)31)26(17-19)32-4/h5-14,17,20H,15-16,18H2,1-4H3,(H,30,31). The zero-order valence-corrected chi connectivity index (χ0v) is 19.7. The molecule has 1 fully saturated rings. The van der Waals surface area contributed by atoms with Gasteiger partial charge in [0, 0.05) is 24.7 Å². The maximum atomic E-state index is 11.3. The summed E-state index contributed by atoms with van der Waals surface area (Å²) in [4.78, 5) is 13.7. The van der Waals surface area contributed by atoms with Gasteiger partial charge < -0.3 is 19.5 Å². The fourth-order valence-corrected chi connectivity index (χ4v) is 4.29. The first-order valence-electron chi connectivity index (χ1n) is 11.3. The fraction of sp³-hybridized carbons (Fsp3) is 0.321. The van der Waals surface area contributed by atoms with E-state index in [2.05, 4.69) is 49.9 Å². The maximum Gasteiger partial charge on any atom is 0.339 e. The number of carbonyl (C=O) groups is 1. The molecule has 172 valence electrons. The van der Waals surface area contributed by atoms with Crippen molar-refractivity contribution in [2.24, 2.45) is 0 Å². The molecule has 5 heteroatoms. The third-order valence-corrected chi connectivity index (χ3v) is 6.27. The van der Waals surface area contributed by atoms with Crippen molar-refractivity contribution < 1.29 is 19.4 Å². The van der Waals surface area contributed by atoms with Crippen LogP contribution in [0.5, 0.6) is 17.2 Å². The van der Waals surface area contributed by atoms with E-state index in [1.165, 1.54) is 12.7 Å². The Morgan fingerprint density at radius 1 is 0.970 bits per heavy atom. The van der Waals surface area contributed by atoms with E-state index in [4.69, 9.17) is 9.47 Å². The van der Waals surface area contributed by atoms with Crippen molar-refractivity contribution >= 4 is 11.7 Å². The van der Waals surface area contributed by atoms with Crippen molar-refractivity contribution in [3.05, 3.63) is 83.4 Å². The lowest BCUT2D eigenvalue weighted by Crippen LogP contribution is -2.19. The van der Waals surface area contributed by atoms with Crippen LogP contribution < -0.4 is 14.4 Å². The first kappa shape index (κ1) is 22.7. The van der Waals surface area contributed by atoms with Crippen LogP contribution in [0, 0.1) is 0 Å². The third kappa shape index (κ3) is 5.14. The smallest absolute Gasteiger partial charge is 0.339 e. The topological polar surface area (TPSA) is 59.0 Å². The molecule has 0 spiro atoms. The van der Waals surface area contributed by atoms with Crippen LogP contribution in [0.25, 0.3) is 0 Å². The van der Waals surface area contributed by atoms with Crippen LogP contribution in [0.3, 0.4) is 0 Å². The summed E-state index contributed by atoms with van der Waals surface area (Å²) in [6, 6.07) is 21.9. The molecule has 0 amide bonds. The summed E-state index contributed by atoms with van der Waals surface area (Å²) in [5.41, 5.74) is 3.86. The highest BCUT2D eigenvalue weighted by Gasteiger charge is 2.25. The number of methoxy groups -OCH3 is 1. The largest absolute Gasteiger partial charge is 0.496 e. The molecule has 0 radical (unpaired) electrons. The van der Waals surface area contributed by atoms with Crippen LogP contribution in [0.4, 0.5) is 5.69 Å². The summed E-state index contributed by atoms with van der Waals surface area (Å²) in [6.07, 6.45) is 1.01. The van der Waals surface area contributed by atoms with Crippen LogP contribution in [0.15, 0.2) is 66.7 Å². The minimum absolute atomic E-state index is 0.122. The van der Waals surface area contributed by atoms with Gasteiger partial charge in [-0.2, -0.15) is 0 Å². The molecule has 0 saturated carbocycles. The number of hydrogen-bond donors (Lipinski definition) is 1. The van der Waals surface area contributed by atoms with Gasteiger partial charge >= 0.3 is 5.97 Å². The van der Waals surface area contributed by atoms with Crippen LogP contribution in [0.2, 0.25) is 0 Å². The number of aromatic carboxylic acids is 1.